The van der Waals surface area contributed by atoms with Crippen LogP contribution in [0.1, 0.15) is 30.4 Å². The van der Waals surface area contributed by atoms with Crippen molar-refractivity contribution in [2.75, 3.05) is 12.4 Å². The highest BCUT2D eigenvalue weighted by Crippen LogP contribution is 2.39. The number of halogens is 3. The number of fused-ring (bicyclic) bond motifs is 1. The van der Waals surface area contributed by atoms with Crippen molar-refractivity contribution in [2.24, 2.45) is 10.7 Å². The molecule has 0 saturated heterocycles. The second kappa shape index (κ2) is 10.4. The highest BCUT2D eigenvalue weighted by atomic mass is 19.4. The van der Waals surface area contributed by atoms with E-state index in [0.29, 0.717) is 5.84 Å². The Hall–Kier alpha value is -4.27. The van der Waals surface area contributed by atoms with Crippen LogP contribution in [0.4, 0.5) is 18.9 Å². The van der Waals surface area contributed by atoms with Crippen LogP contribution in [0, 0.1) is 0 Å². The molecule has 5 rings (SSSR count). The van der Waals surface area contributed by atoms with E-state index in [-0.39, 0.29) is 0 Å². The van der Waals surface area contributed by atoms with E-state index in [0.717, 1.165) is 41.8 Å². The first-order valence-electron chi connectivity index (χ1n) is 11.6. The van der Waals surface area contributed by atoms with Crippen LogP contribution in [0.15, 0.2) is 83.9 Å². The molecule has 1 unspecified atom stereocenters. The summed E-state index contributed by atoms with van der Waals surface area (Å²) in [6.07, 6.45) is 0.203. The minimum atomic E-state index is -5.08. The molecule has 37 heavy (non-hydrogen) atoms. The standard InChI is InChI=1S/C26H25N3O.C2HF3O2/c1-30-22-11-5-9-20(16-22)18-7-4-8-19(15-18)21-10-6-14-26(17-21)28-24-13-3-2-12-23(24)25(27)29-26;3-2(4,5)1(6)7/h2-5,7-9,11-13,15-17,28H,6,10,14H2,1H3,(H2,27,29);(H,6,7). The largest absolute Gasteiger partial charge is 0.497 e. The Morgan fingerprint density at radius 2 is 1.68 bits per heavy atom. The molecule has 0 radical (unpaired) electrons. The number of nitrogens with one attached hydrogen (secondary N) is 1. The van der Waals surface area contributed by atoms with Gasteiger partial charge >= 0.3 is 12.1 Å². The van der Waals surface area contributed by atoms with Crippen molar-refractivity contribution >= 4 is 23.1 Å². The lowest BCUT2D eigenvalue weighted by atomic mass is 9.85. The number of anilines is 1. The van der Waals surface area contributed by atoms with Gasteiger partial charge in [-0.3, -0.25) is 0 Å². The number of carbonyl (C=O) groups is 1. The summed E-state index contributed by atoms with van der Waals surface area (Å²) in [6, 6.07) is 25.0. The van der Waals surface area contributed by atoms with E-state index in [1.54, 1.807) is 7.11 Å². The summed E-state index contributed by atoms with van der Waals surface area (Å²) in [5.74, 6) is -1.29. The molecule has 1 aliphatic heterocycles. The lowest BCUT2D eigenvalue weighted by Crippen LogP contribution is -2.42. The molecule has 3 aromatic carbocycles. The molecule has 1 spiro atoms. The van der Waals surface area contributed by atoms with Gasteiger partial charge in [0.2, 0.25) is 0 Å². The van der Waals surface area contributed by atoms with Crippen molar-refractivity contribution in [3.63, 3.8) is 0 Å². The first kappa shape index (κ1) is 25.8. The van der Waals surface area contributed by atoms with Crippen LogP contribution in [-0.4, -0.2) is 35.9 Å². The smallest absolute Gasteiger partial charge is 0.490 e. The van der Waals surface area contributed by atoms with E-state index >= 15 is 0 Å². The Balaban J connectivity index is 0.000000405. The van der Waals surface area contributed by atoms with Gasteiger partial charge in [0.1, 0.15) is 11.6 Å². The molecule has 0 amide bonds. The number of benzene rings is 3. The molecule has 6 nitrogen and oxygen atoms in total. The summed E-state index contributed by atoms with van der Waals surface area (Å²) < 4.78 is 37.1. The van der Waals surface area contributed by atoms with Gasteiger partial charge in [-0.25, -0.2) is 9.79 Å². The van der Waals surface area contributed by atoms with Gasteiger partial charge in [-0.15, -0.1) is 0 Å². The van der Waals surface area contributed by atoms with Gasteiger partial charge in [-0.2, -0.15) is 13.2 Å². The number of carboxylic acid groups (broad SMARTS) is 1. The van der Waals surface area contributed by atoms with Gasteiger partial charge in [0.15, 0.2) is 5.66 Å². The number of amidine groups is 1. The number of carboxylic acids is 1. The SMILES string of the molecule is COc1cccc(-c2cccc(C3=CC4(CCC3)N=C(N)c3ccccc3N4)c2)c1.O=C(O)C(F)(F)F. The van der Waals surface area contributed by atoms with Crippen molar-refractivity contribution in [2.45, 2.75) is 31.1 Å². The van der Waals surface area contributed by atoms with E-state index in [2.05, 4.69) is 53.9 Å². The molecule has 192 valence electrons. The number of para-hydroxylation sites is 1. The van der Waals surface area contributed by atoms with Crippen molar-refractivity contribution in [3.05, 3.63) is 90.0 Å². The van der Waals surface area contributed by atoms with Crippen LogP contribution in [0.3, 0.4) is 0 Å². The van der Waals surface area contributed by atoms with Gasteiger partial charge in [0.05, 0.1) is 7.11 Å². The number of allylic oxidation sites excluding steroid dienone is 1. The molecule has 1 heterocycles. The minimum Gasteiger partial charge on any atom is -0.497 e. The average Bonchev–Trinajstić information content (AvgIpc) is 2.88. The summed E-state index contributed by atoms with van der Waals surface area (Å²) in [6.45, 7) is 0. The minimum absolute atomic E-state index is 0.474. The van der Waals surface area contributed by atoms with Gasteiger partial charge < -0.3 is 20.9 Å². The first-order valence-corrected chi connectivity index (χ1v) is 11.6. The predicted octanol–water partition coefficient (Wildman–Crippen LogP) is 6.09. The summed E-state index contributed by atoms with van der Waals surface area (Å²) in [7, 11) is 1.70. The monoisotopic (exact) mass is 509 g/mol. The molecule has 1 aliphatic carbocycles. The number of hydrogen-bond donors (Lipinski definition) is 3. The second-order valence-corrected chi connectivity index (χ2v) is 8.73. The van der Waals surface area contributed by atoms with Gasteiger partial charge in [-0.05, 0) is 77.9 Å². The van der Waals surface area contributed by atoms with Crippen molar-refractivity contribution < 1.29 is 27.8 Å². The normalized spacial score (nSPS) is 18.4. The van der Waals surface area contributed by atoms with E-state index in [9.17, 15) is 13.2 Å². The molecule has 9 heteroatoms. The molecule has 2 aliphatic rings. The highest BCUT2D eigenvalue weighted by molar-refractivity contribution is 6.04. The number of aliphatic imine (C=N–C) groups is 1. The summed E-state index contributed by atoms with van der Waals surface area (Å²) >= 11 is 0. The Morgan fingerprint density at radius 1 is 1.03 bits per heavy atom. The maximum absolute atomic E-state index is 10.6. The van der Waals surface area contributed by atoms with Crippen LogP contribution in [-0.2, 0) is 4.79 Å². The zero-order valence-corrected chi connectivity index (χ0v) is 20.0. The fourth-order valence-electron chi connectivity index (χ4n) is 4.45. The maximum Gasteiger partial charge on any atom is 0.490 e. The number of rotatable bonds is 3. The molecule has 0 aromatic heterocycles. The fourth-order valence-corrected chi connectivity index (χ4v) is 4.45. The van der Waals surface area contributed by atoms with Crippen molar-refractivity contribution in [3.8, 4) is 16.9 Å². The molecule has 3 aromatic rings. The topological polar surface area (TPSA) is 96.9 Å². The van der Waals surface area contributed by atoms with Crippen LogP contribution in [0.25, 0.3) is 16.7 Å². The third-order valence-electron chi connectivity index (χ3n) is 6.17. The van der Waals surface area contributed by atoms with Crippen LogP contribution in [0.2, 0.25) is 0 Å². The van der Waals surface area contributed by atoms with E-state index in [4.69, 9.17) is 25.4 Å². The van der Waals surface area contributed by atoms with E-state index < -0.39 is 17.8 Å². The average molecular weight is 510 g/mol. The Kier molecular flexibility index (Phi) is 7.24. The fraction of sp³-hybridized carbons (Fsp3) is 0.214. The van der Waals surface area contributed by atoms with Gasteiger partial charge in [0.25, 0.3) is 0 Å². The number of nitrogens with two attached hydrogens (primary N) is 1. The molecule has 0 saturated carbocycles. The summed E-state index contributed by atoms with van der Waals surface area (Å²) in [4.78, 5) is 13.8. The van der Waals surface area contributed by atoms with E-state index in [1.165, 1.54) is 16.7 Å². The first-order chi connectivity index (χ1) is 17.6. The van der Waals surface area contributed by atoms with Crippen LogP contribution >= 0.6 is 0 Å². The Bertz CT molecular complexity index is 1370. The molecule has 0 bridgehead atoms. The van der Waals surface area contributed by atoms with Crippen LogP contribution < -0.4 is 15.8 Å². The Labute approximate surface area is 212 Å². The third-order valence-corrected chi connectivity index (χ3v) is 6.17. The summed E-state index contributed by atoms with van der Waals surface area (Å²) in [5, 5.41) is 10.8. The molecular weight excluding hydrogens is 483 g/mol. The molecule has 4 N–H and O–H groups in total. The number of methoxy groups -OCH3 is 1. The van der Waals surface area contributed by atoms with Gasteiger partial charge in [0, 0.05) is 11.3 Å². The number of nitrogens with zero attached hydrogens (tertiary/aromatic N) is 1. The van der Waals surface area contributed by atoms with E-state index in [1.807, 2.05) is 30.3 Å². The van der Waals surface area contributed by atoms with Crippen molar-refractivity contribution in [1.82, 2.24) is 0 Å². The predicted molar refractivity (Wildman–Crippen MR) is 137 cm³/mol. The van der Waals surface area contributed by atoms with Crippen LogP contribution in [0.5, 0.6) is 5.75 Å². The lowest BCUT2D eigenvalue weighted by molar-refractivity contribution is -0.192. The van der Waals surface area contributed by atoms with Gasteiger partial charge in [-0.1, -0.05) is 42.5 Å². The second-order valence-electron chi connectivity index (χ2n) is 8.73. The number of ether oxygens (including phenoxy) is 1. The zero-order valence-electron chi connectivity index (χ0n) is 20.0. The van der Waals surface area contributed by atoms with Crippen molar-refractivity contribution in [1.29, 1.82) is 0 Å². The highest BCUT2D eigenvalue weighted by Gasteiger charge is 2.38. The molecule has 0 fully saturated rings. The number of aliphatic carboxylic acids is 1. The lowest BCUT2D eigenvalue weighted by Gasteiger charge is -2.37. The number of hydrogen-bond acceptors (Lipinski definition) is 5. The summed E-state index contributed by atoms with van der Waals surface area (Å²) in [5.41, 5.74) is 12.7. The third kappa shape index (κ3) is 5.94. The quantitative estimate of drug-likeness (QED) is 0.397. The number of alkyl halides is 3. The molecular formula is C28H26F3N3O3. The molecule has 1 atom stereocenters. The zero-order chi connectivity index (χ0) is 26.6. The Morgan fingerprint density at radius 3 is 2.38 bits per heavy atom. The maximum atomic E-state index is 10.6.